The van der Waals surface area contributed by atoms with Crippen molar-refractivity contribution in [2.45, 2.75) is 12.3 Å². The molecule has 22 heavy (non-hydrogen) atoms. The first-order valence-corrected chi connectivity index (χ1v) is 7.26. The highest BCUT2D eigenvalue weighted by atomic mass is 35.5. The number of aromatic nitrogens is 2. The molecule has 2 heterocycles. The third-order valence-electron chi connectivity index (χ3n) is 3.81. The van der Waals surface area contributed by atoms with Gasteiger partial charge in [-0.1, -0.05) is 11.6 Å². The van der Waals surface area contributed by atoms with Crippen molar-refractivity contribution in [3.63, 3.8) is 0 Å². The number of nitrogen functional groups attached to an aromatic ring is 1. The molecule has 1 atom stereocenters. The molecule has 1 fully saturated rings. The number of halogens is 1. The van der Waals surface area contributed by atoms with Crippen molar-refractivity contribution in [3.8, 4) is 6.07 Å². The Morgan fingerprint density at radius 1 is 1.45 bits per heavy atom. The summed E-state index contributed by atoms with van der Waals surface area (Å²) in [6, 6.07) is 8.88. The van der Waals surface area contributed by atoms with Gasteiger partial charge in [-0.3, -0.25) is 9.78 Å². The van der Waals surface area contributed by atoms with Gasteiger partial charge in [0.1, 0.15) is 6.07 Å². The summed E-state index contributed by atoms with van der Waals surface area (Å²) in [6.07, 6.45) is 0.841. The van der Waals surface area contributed by atoms with Gasteiger partial charge in [0.15, 0.2) is 0 Å². The molecule has 1 aliphatic rings. The van der Waals surface area contributed by atoms with E-state index in [1.807, 2.05) is 0 Å². The van der Waals surface area contributed by atoms with E-state index in [1.54, 1.807) is 18.2 Å². The average Bonchev–Trinajstić information content (AvgIpc) is 2.96. The van der Waals surface area contributed by atoms with Crippen LogP contribution in [-0.4, -0.2) is 23.1 Å². The smallest absolute Gasteiger partial charge is 0.252 e. The van der Waals surface area contributed by atoms with Crippen LogP contribution in [0.15, 0.2) is 29.1 Å². The molecule has 1 aromatic carbocycles. The zero-order valence-corrected chi connectivity index (χ0v) is 12.5. The quantitative estimate of drug-likeness (QED) is 0.881. The van der Waals surface area contributed by atoms with E-state index >= 15 is 0 Å². The van der Waals surface area contributed by atoms with Crippen LogP contribution >= 0.6 is 11.6 Å². The zero-order chi connectivity index (χ0) is 15.7. The van der Waals surface area contributed by atoms with Crippen molar-refractivity contribution in [1.82, 2.24) is 9.97 Å². The lowest BCUT2D eigenvalue weighted by Gasteiger charge is -2.20. The predicted molar refractivity (Wildman–Crippen MR) is 85.0 cm³/mol. The third kappa shape index (κ3) is 2.76. The maximum Gasteiger partial charge on any atom is 0.252 e. The fourth-order valence-electron chi connectivity index (χ4n) is 2.79. The van der Waals surface area contributed by atoms with Gasteiger partial charge >= 0.3 is 0 Å². The molecule has 1 unspecified atom stereocenters. The molecule has 0 amide bonds. The van der Waals surface area contributed by atoms with Crippen LogP contribution in [0.1, 0.15) is 23.6 Å². The van der Waals surface area contributed by atoms with Crippen LogP contribution < -0.4 is 16.2 Å². The van der Waals surface area contributed by atoms with Crippen LogP contribution in [0.25, 0.3) is 0 Å². The number of hydrogen-bond donors (Lipinski definition) is 2. The van der Waals surface area contributed by atoms with Gasteiger partial charge in [-0.25, -0.2) is 4.98 Å². The summed E-state index contributed by atoms with van der Waals surface area (Å²) in [4.78, 5) is 20.3. The first kappa shape index (κ1) is 14.4. The number of nitriles is 1. The van der Waals surface area contributed by atoms with Gasteiger partial charge in [-0.15, -0.1) is 0 Å². The second-order valence-corrected chi connectivity index (χ2v) is 5.70. The molecule has 0 saturated carbocycles. The Morgan fingerprint density at radius 3 is 3.00 bits per heavy atom. The number of nitrogens with zero attached hydrogens (tertiary/aromatic N) is 3. The van der Waals surface area contributed by atoms with E-state index in [-0.39, 0.29) is 17.4 Å². The minimum absolute atomic E-state index is 0.107. The third-order valence-corrected chi connectivity index (χ3v) is 4.04. The Hall–Kier alpha value is -2.52. The van der Waals surface area contributed by atoms with Crippen LogP contribution in [-0.2, 0) is 0 Å². The van der Waals surface area contributed by atoms with E-state index < -0.39 is 0 Å². The Bertz CT molecular complexity index is 810. The molecule has 3 N–H and O–H groups in total. The maximum absolute atomic E-state index is 11.5. The number of benzene rings is 1. The van der Waals surface area contributed by atoms with E-state index in [4.69, 9.17) is 17.3 Å². The SMILES string of the molecule is N#Cc1ccc(Cl)cc1N1CCC(c2cc(=O)[nH]c(N)n2)C1. The molecule has 2 aromatic rings. The first-order chi connectivity index (χ1) is 10.6. The van der Waals surface area contributed by atoms with E-state index in [2.05, 4.69) is 20.9 Å². The highest BCUT2D eigenvalue weighted by molar-refractivity contribution is 6.30. The number of nitrogens with two attached hydrogens (primary N) is 1. The predicted octanol–water partition coefficient (Wildman–Crippen LogP) is 1.87. The Labute approximate surface area is 132 Å². The van der Waals surface area contributed by atoms with Gasteiger partial charge in [0, 0.05) is 30.1 Å². The summed E-state index contributed by atoms with van der Waals surface area (Å²) in [5.41, 5.74) is 7.43. The summed E-state index contributed by atoms with van der Waals surface area (Å²) >= 11 is 6.04. The van der Waals surface area contributed by atoms with Gasteiger partial charge in [0.25, 0.3) is 5.56 Å². The topological polar surface area (TPSA) is 98.8 Å². The summed E-state index contributed by atoms with van der Waals surface area (Å²) in [6.45, 7) is 1.44. The van der Waals surface area contributed by atoms with E-state index in [0.717, 1.165) is 18.7 Å². The molecule has 1 saturated heterocycles. The molecule has 7 heteroatoms. The van der Waals surface area contributed by atoms with Crippen molar-refractivity contribution < 1.29 is 0 Å². The van der Waals surface area contributed by atoms with Crippen molar-refractivity contribution in [1.29, 1.82) is 5.26 Å². The van der Waals surface area contributed by atoms with Crippen molar-refractivity contribution in [2.75, 3.05) is 23.7 Å². The van der Waals surface area contributed by atoms with Crippen LogP contribution in [0.4, 0.5) is 11.6 Å². The molecule has 1 aromatic heterocycles. The Morgan fingerprint density at radius 2 is 2.27 bits per heavy atom. The van der Waals surface area contributed by atoms with Crippen LogP contribution in [0.3, 0.4) is 0 Å². The van der Waals surface area contributed by atoms with Crippen LogP contribution in [0.2, 0.25) is 5.02 Å². The second-order valence-electron chi connectivity index (χ2n) is 5.26. The van der Waals surface area contributed by atoms with Gasteiger partial charge in [0.2, 0.25) is 5.95 Å². The fourth-order valence-corrected chi connectivity index (χ4v) is 2.95. The van der Waals surface area contributed by atoms with Crippen molar-refractivity contribution in [3.05, 3.63) is 50.9 Å². The largest absolute Gasteiger partial charge is 0.370 e. The fraction of sp³-hybridized carbons (Fsp3) is 0.267. The Kier molecular flexibility index (Phi) is 3.73. The molecule has 1 aliphatic heterocycles. The van der Waals surface area contributed by atoms with E-state index in [9.17, 15) is 10.1 Å². The molecule has 3 rings (SSSR count). The van der Waals surface area contributed by atoms with Crippen molar-refractivity contribution >= 4 is 23.2 Å². The Balaban J connectivity index is 1.88. The highest BCUT2D eigenvalue weighted by Crippen LogP contribution is 2.32. The molecule has 6 nitrogen and oxygen atoms in total. The molecule has 0 bridgehead atoms. The first-order valence-electron chi connectivity index (χ1n) is 6.88. The summed E-state index contributed by atoms with van der Waals surface area (Å²) < 4.78 is 0. The van der Waals surface area contributed by atoms with Gasteiger partial charge in [-0.05, 0) is 24.6 Å². The molecular formula is C15H14ClN5O. The number of hydrogen-bond acceptors (Lipinski definition) is 5. The molecule has 0 radical (unpaired) electrons. The zero-order valence-electron chi connectivity index (χ0n) is 11.7. The van der Waals surface area contributed by atoms with Crippen molar-refractivity contribution in [2.24, 2.45) is 0 Å². The maximum atomic E-state index is 11.5. The van der Waals surface area contributed by atoms with Crippen LogP contribution in [0, 0.1) is 11.3 Å². The summed E-state index contributed by atoms with van der Waals surface area (Å²) in [5.74, 6) is 0.233. The number of H-pyrrole nitrogens is 1. The minimum atomic E-state index is -0.249. The molecule has 112 valence electrons. The van der Waals surface area contributed by atoms with Gasteiger partial charge < -0.3 is 10.6 Å². The minimum Gasteiger partial charge on any atom is -0.370 e. The lowest BCUT2D eigenvalue weighted by Crippen LogP contribution is -2.21. The number of rotatable bonds is 2. The lowest BCUT2D eigenvalue weighted by atomic mass is 10.0. The monoisotopic (exact) mass is 315 g/mol. The standard InChI is InChI=1S/C15H14ClN5O/c16-11-2-1-9(7-17)13(5-11)21-4-3-10(8-21)12-6-14(22)20-15(18)19-12/h1-2,5-6,10H,3-4,8H2,(H3,18,19,20,22). The molecule has 0 aliphatic carbocycles. The normalized spacial score (nSPS) is 17.5. The van der Waals surface area contributed by atoms with Crippen LogP contribution in [0.5, 0.6) is 0 Å². The molecular weight excluding hydrogens is 302 g/mol. The second kappa shape index (κ2) is 5.70. The van der Waals surface area contributed by atoms with E-state index in [1.165, 1.54) is 6.07 Å². The summed E-state index contributed by atoms with van der Waals surface area (Å²) in [5, 5.41) is 9.82. The number of anilines is 2. The number of nitrogens with one attached hydrogen (secondary N) is 1. The lowest BCUT2D eigenvalue weighted by molar-refractivity contribution is 0.739. The van der Waals surface area contributed by atoms with Gasteiger partial charge in [0.05, 0.1) is 16.9 Å². The summed E-state index contributed by atoms with van der Waals surface area (Å²) in [7, 11) is 0. The molecule has 0 spiro atoms. The van der Waals surface area contributed by atoms with Gasteiger partial charge in [-0.2, -0.15) is 5.26 Å². The number of aromatic amines is 1. The van der Waals surface area contributed by atoms with E-state index in [0.29, 0.717) is 22.8 Å². The highest BCUT2D eigenvalue weighted by Gasteiger charge is 2.27. The average molecular weight is 316 g/mol.